The molecule has 0 fully saturated rings. The Bertz CT molecular complexity index is 51.3. The van der Waals surface area contributed by atoms with E-state index in [2.05, 4.69) is 0 Å². The lowest BCUT2D eigenvalue weighted by Gasteiger charge is -1.95. The van der Waals surface area contributed by atoms with E-state index in [-0.39, 0.29) is 17.9 Å². The van der Waals surface area contributed by atoms with Crippen molar-refractivity contribution in [2.75, 3.05) is 26.0 Å². The third-order valence-electron chi connectivity index (χ3n) is 0.485. The molecular weight excluding hydrogens is 126 g/mol. The Hall–Kier alpha value is 0.230. The van der Waals surface area contributed by atoms with E-state index in [1.807, 2.05) is 12.5 Å². The first-order valence-electron chi connectivity index (χ1n) is 2.26. The van der Waals surface area contributed by atoms with Crippen molar-refractivity contribution in [3.05, 3.63) is 0 Å². The van der Waals surface area contributed by atoms with Crippen molar-refractivity contribution in [3.8, 4) is 0 Å². The van der Waals surface area contributed by atoms with E-state index >= 15 is 0 Å². The van der Waals surface area contributed by atoms with E-state index < -0.39 is 0 Å². The molecule has 0 amide bonds. The van der Waals surface area contributed by atoms with Gasteiger partial charge in [-0.25, -0.2) is 0 Å². The van der Waals surface area contributed by atoms with Crippen LogP contribution in [-0.2, 0) is 20.1 Å². The zero-order valence-electron chi connectivity index (χ0n) is 5.22. The number of hydrogen-bond donors (Lipinski definition) is 1. The highest BCUT2D eigenvalue weighted by Crippen LogP contribution is 1.85. The summed E-state index contributed by atoms with van der Waals surface area (Å²) < 4.78 is 9.71. The topological polar surface area (TPSA) is 44.5 Å². The predicted octanol–water partition coefficient (Wildman–Crippen LogP) is -0.314. The van der Waals surface area contributed by atoms with Crippen LogP contribution in [0.2, 0.25) is 0 Å². The summed E-state index contributed by atoms with van der Waals surface area (Å²) in [6, 6.07) is 0. The highest BCUT2D eigenvalue weighted by Gasteiger charge is 2.00. The predicted molar refractivity (Wildman–Crippen MR) is 35.3 cm³/mol. The fourth-order valence-corrected chi connectivity index (χ4v) is 0.439. The van der Waals surface area contributed by atoms with Crippen molar-refractivity contribution in [3.63, 3.8) is 0 Å². The SMILES string of the molecule is C[S+](C)OCOCN. The van der Waals surface area contributed by atoms with Gasteiger partial charge in [-0.15, -0.1) is 4.18 Å². The zero-order chi connectivity index (χ0) is 6.41. The first-order valence-corrected chi connectivity index (χ1v) is 4.22. The molecule has 2 N–H and O–H groups in total. The third kappa shape index (κ3) is 6.23. The molecule has 0 rings (SSSR count). The summed E-state index contributed by atoms with van der Waals surface area (Å²) in [4.78, 5) is 0. The molecule has 0 atom stereocenters. The first-order chi connectivity index (χ1) is 3.77. The van der Waals surface area contributed by atoms with Crippen LogP contribution in [-0.4, -0.2) is 26.0 Å². The molecule has 0 aromatic carbocycles. The lowest BCUT2D eigenvalue weighted by Crippen LogP contribution is -2.10. The molecule has 0 bridgehead atoms. The molecule has 0 aliphatic heterocycles. The summed E-state index contributed by atoms with van der Waals surface area (Å²) in [5.74, 6) is 0. The molecule has 0 heterocycles. The molecular formula is C4H12NO2S+. The summed E-state index contributed by atoms with van der Waals surface area (Å²) in [6.45, 7) is 0.545. The molecule has 3 nitrogen and oxygen atoms in total. The van der Waals surface area contributed by atoms with Gasteiger partial charge in [-0.3, -0.25) is 0 Å². The molecule has 0 saturated heterocycles. The molecule has 0 radical (unpaired) electrons. The lowest BCUT2D eigenvalue weighted by molar-refractivity contribution is 0.0293. The van der Waals surface area contributed by atoms with Gasteiger partial charge in [0, 0.05) is 0 Å². The van der Waals surface area contributed by atoms with Crippen molar-refractivity contribution < 1.29 is 8.92 Å². The zero-order valence-corrected chi connectivity index (χ0v) is 6.03. The monoisotopic (exact) mass is 138 g/mol. The van der Waals surface area contributed by atoms with Crippen LogP contribution in [0.1, 0.15) is 0 Å². The number of hydrogen-bond acceptors (Lipinski definition) is 3. The maximum atomic E-state index is 5.02. The highest BCUT2D eigenvalue weighted by molar-refractivity contribution is 7.90. The molecule has 0 aromatic heterocycles. The Morgan fingerprint density at radius 3 is 2.50 bits per heavy atom. The van der Waals surface area contributed by atoms with Crippen molar-refractivity contribution in [2.45, 2.75) is 0 Å². The minimum Gasteiger partial charge on any atom is -0.335 e. The number of nitrogens with two attached hydrogens (primary N) is 1. The summed E-state index contributed by atoms with van der Waals surface area (Å²) in [7, 11) is 0. The Morgan fingerprint density at radius 1 is 1.50 bits per heavy atom. The third-order valence-corrected chi connectivity index (χ3v) is 1.05. The second kappa shape index (κ2) is 5.37. The van der Waals surface area contributed by atoms with Gasteiger partial charge in [0.25, 0.3) is 0 Å². The molecule has 0 aliphatic carbocycles. The minimum absolute atomic E-state index is 0.00239. The highest BCUT2D eigenvalue weighted by atomic mass is 32.2. The second-order valence-electron chi connectivity index (χ2n) is 1.35. The van der Waals surface area contributed by atoms with Crippen molar-refractivity contribution in [2.24, 2.45) is 5.73 Å². The normalized spacial score (nSPS) is 10.5. The lowest BCUT2D eigenvalue weighted by atomic mass is 11.3. The molecule has 8 heavy (non-hydrogen) atoms. The van der Waals surface area contributed by atoms with E-state index in [1.54, 1.807) is 0 Å². The standard InChI is InChI=1S/C4H12NO2S/c1-8(2)7-4-6-3-5/h3-5H2,1-2H3/q+1. The Morgan fingerprint density at radius 2 is 2.12 bits per heavy atom. The van der Waals surface area contributed by atoms with Crippen LogP contribution in [0.25, 0.3) is 0 Å². The summed E-state index contributed by atoms with van der Waals surface area (Å²) in [5, 5.41) is 0. The molecule has 0 aromatic rings. The first kappa shape index (κ1) is 8.23. The van der Waals surface area contributed by atoms with Crippen molar-refractivity contribution in [1.29, 1.82) is 0 Å². The molecule has 4 heteroatoms. The van der Waals surface area contributed by atoms with E-state index in [0.717, 1.165) is 0 Å². The molecule has 0 aliphatic rings. The molecule has 0 saturated carbocycles. The fourth-order valence-electron chi connectivity index (χ4n) is 0.178. The van der Waals surface area contributed by atoms with Crippen LogP contribution in [0.5, 0.6) is 0 Å². The average molecular weight is 138 g/mol. The van der Waals surface area contributed by atoms with E-state index in [9.17, 15) is 0 Å². The van der Waals surface area contributed by atoms with Crippen LogP contribution in [0.4, 0.5) is 0 Å². The van der Waals surface area contributed by atoms with Crippen molar-refractivity contribution in [1.82, 2.24) is 0 Å². The van der Waals surface area contributed by atoms with Gasteiger partial charge in [0.05, 0.1) is 6.73 Å². The summed E-state index contributed by atoms with van der Waals surface area (Å²) in [6.07, 6.45) is 3.94. The van der Waals surface area contributed by atoms with Gasteiger partial charge in [0.15, 0.2) is 0 Å². The van der Waals surface area contributed by atoms with Crippen LogP contribution in [0.3, 0.4) is 0 Å². The molecule has 50 valence electrons. The smallest absolute Gasteiger partial charge is 0.203 e. The van der Waals surface area contributed by atoms with E-state index in [4.69, 9.17) is 14.7 Å². The minimum atomic E-state index is 0.00239. The quantitative estimate of drug-likeness (QED) is 0.329. The van der Waals surface area contributed by atoms with Gasteiger partial charge in [-0.1, -0.05) is 0 Å². The van der Waals surface area contributed by atoms with Gasteiger partial charge < -0.3 is 10.5 Å². The molecule has 0 unspecified atom stereocenters. The number of ether oxygens (including phenoxy) is 1. The van der Waals surface area contributed by atoms with E-state index in [1.165, 1.54) is 0 Å². The van der Waals surface area contributed by atoms with Gasteiger partial charge in [-0.05, 0) is 0 Å². The Kier molecular flexibility index (Phi) is 5.52. The summed E-state index contributed by atoms with van der Waals surface area (Å²) >= 11 is 0.00239. The molecule has 0 spiro atoms. The van der Waals surface area contributed by atoms with Crippen molar-refractivity contribution >= 4 is 11.2 Å². The maximum absolute atomic E-state index is 5.02. The van der Waals surface area contributed by atoms with Gasteiger partial charge >= 0.3 is 0 Å². The van der Waals surface area contributed by atoms with Crippen LogP contribution in [0.15, 0.2) is 0 Å². The number of rotatable bonds is 4. The van der Waals surface area contributed by atoms with Gasteiger partial charge in [0.2, 0.25) is 6.79 Å². The Labute approximate surface area is 52.7 Å². The fraction of sp³-hybridized carbons (Fsp3) is 1.00. The summed E-state index contributed by atoms with van der Waals surface area (Å²) in [5.41, 5.74) is 5.02. The Balaban J connectivity index is 2.72. The largest absolute Gasteiger partial charge is 0.335 e. The van der Waals surface area contributed by atoms with Crippen LogP contribution in [0, 0.1) is 0 Å². The van der Waals surface area contributed by atoms with Gasteiger partial charge in [-0.2, -0.15) is 0 Å². The van der Waals surface area contributed by atoms with E-state index in [0.29, 0.717) is 6.79 Å². The van der Waals surface area contributed by atoms with Crippen LogP contribution < -0.4 is 5.73 Å². The van der Waals surface area contributed by atoms with Gasteiger partial charge in [0.1, 0.15) is 23.7 Å². The van der Waals surface area contributed by atoms with Crippen LogP contribution >= 0.6 is 0 Å². The second-order valence-corrected chi connectivity index (χ2v) is 3.07. The average Bonchev–Trinajstić information content (AvgIpc) is 1.66. The maximum Gasteiger partial charge on any atom is 0.203 e.